The molecule has 0 bridgehead atoms. The van der Waals surface area contributed by atoms with Crippen molar-refractivity contribution in [1.82, 2.24) is 20.9 Å². The van der Waals surface area contributed by atoms with Gasteiger partial charge in [-0.3, -0.25) is 14.6 Å². The zero-order chi connectivity index (χ0) is 20.6. The molecule has 1 unspecified atom stereocenters. The summed E-state index contributed by atoms with van der Waals surface area (Å²) >= 11 is 0. The van der Waals surface area contributed by atoms with Gasteiger partial charge >= 0.3 is 0 Å². The molecule has 0 aliphatic carbocycles. The number of hydrogen-bond acceptors (Lipinski definition) is 3. The summed E-state index contributed by atoms with van der Waals surface area (Å²) in [6, 6.07) is 17.7. The van der Waals surface area contributed by atoms with Gasteiger partial charge in [0.05, 0.1) is 12.6 Å². The number of carbonyl (C=O) groups excluding carboxylic acids is 2. The molecule has 2 aromatic rings. The zero-order valence-corrected chi connectivity index (χ0v) is 19.6. The average Bonchev–Trinajstić information content (AvgIpc) is 2.77. The summed E-state index contributed by atoms with van der Waals surface area (Å²) in [4.78, 5) is 29.9. The molecule has 1 aliphatic rings. The van der Waals surface area contributed by atoms with Crippen LogP contribution in [0.25, 0.3) is 0 Å². The molecule has 0 radical (unpaired) electrons. The van der Waals surface area contributed by atoms with Crippen LogP contribution in [0.1, 0.15) is 34.5 Å². The maximum atomic E-state index is 12.5. The van der Waals surface area contributed by atoms with E-state index in [1.54, 1.807) is 24.1 Å². The summed E-state index contributed by atoms with van der Waals surface area (Å²) in [5, 5.41) is 9.39. The van der Waals surface area contributed by atoms with Crippen LogP contribution < -0.4 is 16.0 Å². The van der Waals surface area contributed by atoms with Gasteiger partial charge < -0.3 is 20.9 Å². The van der Waals surface area contributed by atoms with Crippen LogP contribution in [0.5, 0.6) is 0 Å². The molecule has 1 aliphatic heterocycles. The topological polar surface area (TPSA) is 85.8 Å². The highest BCUT2D eigenvalue weighted by molar-refractivity contribution is 14.0. The Morgan fingerprint density at radius 3 is 2.50 bits per heavy atom. The molecule has 1 heterocycles. The highest BCUT2D eigenvalue weighted by Gasteiger charge is 2.22. The van der Waals surface area contributed by atoms with Crippen LogP contribution in [-0.4, -0.2) is 49.4 Å². The molecule has 1 atom stereocenters. The normalized spacial score (nSPS) is 14.9. The molecule has 8 heteroatoms. The number of halogens is 1. The first-order chi connectivity index (χ1) is 14.1. The van der Waals surface area contributed by atoms with Crippen LogP contribution in [0.4, 0.5) is 0 Å². The highest BCUT2D eigenvalue weighted by Crippen LogP contribution is 2.11. The highest BCUT2D eigenvalue weighted by atomic mass is 127. The van der Waals surface area contributed by atoms with Crippen LogP contribution >= 0.6 is 24.0 Å². The van der Waals surface area contributed by atoms with E-state index >= 15 is 0 Å². The summed E-state index contributed by atoms with van der Waals surface area (Å²) in [6.07, 6.45) is 0. The molecular formula is C22H28IN5O2. The number of nitrogens with zero attached hydrogens (tertiary/aromatic N) is 2. The molecule has 0 aromatic heterocycles. The van der Waals surface area contributed by atoms with E-state index in [0.717, 1.165) is 5.56 Å². The number of rotatable bonds is 5. The van der Waals surface area contributed by atoms with Crippen LogP contribution in [-0.2, 0) is 11.3 Å². The molecule has 30 heavy (non-hydrogen) atoms. The van der Waals surface area contributed by atoms with Gasteiger partial charge in [0, 0.05) is 32.2 Å². The number of aliphatic imine (C=N–C) groups is 1. The maximum Gasteiger partial charge on any atom is 0.254 e. The van der Waals surface area contributed by atoms with Crippen molar-refractivity contribution in [3.63, 3.8) is 0 Å². The van der Waals surface area contributed by atoms with Crippen molar-refractivity contribution in [3.8, 4) is 0 Å². The smallest absolute Gasteiger partial charge is 0.254 e. The van der Waals surface area contributed by atoms with Crippen molar-refractivity contribution in [2.24, 2.45) is 4.99 Å². The van der Waals surface area contributed by atoms with E-state index in [1.165, 1.54) is 5.56 Å². The minimum atomic E-state index is -0.117. The van der Waals surface area contributed by atoms with Crippen molar-refractivity contribution < 1.29 is 9.59 Å². The SMILES string of the molecule is CN=C(NCc1ccc(C(=O)N2CCNC(=O)C2)cc1)NC(C)c1ccccc1.I. The lowest BCUT2D eigenvalue weighted by molar-refractivity contribution is -0.123. The van der Waals surface area contributed by atoms with Crippen molar-refractivity contribution in [2.75, 3.05) is 26.7 Å². The molecule has 0 spiro atoms. The Morgan fingerprint density at radius 1 is 1.17 bits per heavy atom. The second-order valence-corrected chi connectivity index (χ2v) is 6.98. The first kappa shape index (κ1) is 23.7. The van der Waals surface area contributed by atoms with Crippen LogP contribution in [0.15, 0.2) is 59.6 Å². The van der Waals surface area contributed by atoms with Crippen molar-refractivity contribution in [1.29, 1.82) is 0 Å². The summed E-state index contributed by atoms with van der Waals surface area (Å²) < 4.78 is 0. The summed E-state index contributed by atoms with van der Waals surface area (Å²) in [7, 11) is 1.74. The van der Waals surface area contributed by atoms with Gasteiger partial charge in [-0.25, -0.2) is 0 Å². The zero-order valence-electron chi connectivity index (χ0n) is 17.2. The second kappa shape index (κ2) is 11.5. The Labute approximate surface area is 194 Å². The monoisotopic (exact) mass is 521 g/mol. The summed E-state index contributed by atoms with van der Waals surface area (Å²) in [5.74, 6) is 0.475. The van der Waals surface area contributed by atoms with E-state index in [0.29, 0.717) is 31.2 Å². The minimum Gasteiger partial charge on any atom is -0.353 e. The van der Waals surface area contributed by atoms with Crippen molar-refractivity contribution in [3.05, 3.63) is 71.3 Å². The summed E-state index contributed by atoms with van der Waals surface area (Å²) in [6.45, 7) is 3.82. The molecule has 3 rings (SSSR count). The van der Waals surface area contributed by atoms with Crippen molar-refractivity contribution >= 4 is 41.8 Å². The van der Waals surface area contributed by atoms with E-state index in [4.69, 9.17) is 0 Å². The molecule has 2 amide bonds. The van der Waals surface area contributed by atoms with Gasteiger partial charge in [0.2, 0.25) is 5.91 Å². The Bertz CT molecular complexity index is 871. The van der Waals surface area contributed by atoms with E-state index in [9.17, 15) is 9.59 Å². The van der Waals surface area contributed by atoms with E-state index in [2.05, 4.69) is 40.0 Å². The Kier molecular flexibility index (Phi) is 9.10. The van der Waals surface area contributed by atoms with Crippen LogP contribution in [0, 0.1) is 0 Å². The van der Waals surface area contributed by atoms with Gasteiger partial charge in [0.25, 0.3) is 5.91 Å². The van der Waals surface area contributed by atoms with E-state index in [-0.39, 0.29) is 48.4 Å². The molecule has 160 valence electrons. The molecule has 2 aromatic carbocycles. The standard InChI is InChI=1S/C22H27N5O2.HI/c1-16(18-6-4-3-5-7-18)26-22(23-2)25-14-17-8-10-19(11-9-17)21(29)27-13-12-24-20(28)15-27;/h3-11,16H,12-15H2,1-2H3,(H,24,28)(H2,23,25,26);1H. The lowest BCUT2D eigenvalue weighted by Crippen LogP contribution is -2.49. The fourth-order valence-corrected chi connectivity index (χ4v) is 3.17. The molecule has 1 fully saturated rings. The molecule has 1 saturated heterocycles. The molecule has 3 N–H and O–H groups in total. The van der Waals surface area contributed by atoms with Crippen molar-refractivity contribution in [2.45, 2.75) is 19.5 Å². The van der Waals surface area contributed by atoms with Gasteiger partial charge in [-0.15, -0.1) is 24.0 Å². The van der Waals surface area contributed by atoms with Gasteiger partial charge in [0.15, 0.2) is 5.96 Å². The van der Waals surface area contributed by atoms with Gasteiger partial charge in [-0.2, -0.15) is 0 Å². The van der Waals surface area contributed by atoms with Gasteiger partial charge in [-0.05, 0) is 30.2 Å². The number of piperazine rings is 1. The van der Waals surface area contributed by atoms with Gasteiger partial charge in [0.1, 0.15) is 0 Å². The predicted molar refractivity (Wildman–Crippen MR) is 129 cm³/mol. The fraction of sp³-hybridized carbons (Fsp3) is 0.318. The van der Waals surface area contributed by atoms with Crippen LogP contribution in [0.3, 0.4) is 0 Å². The van der Waals surface area contributed by atoms with E-state index < -0.39 is 0 Å². The number of amides is 2. The van der Waals surface area contributed by atoms with E-state index in [1.807, 2.05) is 30.3 Å². The number of nitrogens with one attached hydrogen (secondary N) is 3. The fourth-order valence-electron chi connectivity index (χ4n) is 3.17. The third-order valence-corrected chi connectivity index (χ3v) is 4.86. The number of benzene rings is 2. The lowest BCUT2D eigenvalue weighted by atomic mass is 10.1. The first-order valence-corrected chi connectivity index (χ1v) is 9.74. The number of guanidine groups is 1. The van der Waals surface area contributed by atoms with Crippen LogP contribution in [0.2, 0.25) is 0 Å². The third-order valence-electron chi connectivity index (χ3n) is 4.86. The average molecular weight is 521 g/mol. The molecular weight excluding hydrogens is 493 g/mol. The van der Waals surface area contributed by atoms with Gasteiger partial charge in [-0.1, -0.05) is 42.5 Å². The minimum absolute atomic E-state index is 0. The third kappa shape index (κ3) is 6.45. The predicted octanol–water partition coefficient (Wildman–Crippen LogP) is 2.30. The second-order valence-electron chi connectivity index (χ2n) is 6.98. The summed E-state index contributed by atoms with van der Waals surface area (Å²) in [5.41, 5.74) is 2.81. The molecule has 0 saturated carbocycles. The lowest BCUT2D eigenvalue weighted by Gasteiger charge is -2.26. The largest absolute Gasteiger partial charge is 0.353 e. The Morgan fingerprint density at radius 2 is 1.87 bits per heavy atom. The number of hydrogen-bond donors (Lipinski definition) is 3. The quantitative estimate of drug-likeness (QED) is 0.321. The molecule has 7 nitrogen and oxygen atoms in total. The Hall–Kier alpha value is -2.62. The number of carbonyl (C=O) groups is 2. The first-order valence-electron chi connectivity index (χ1n) is 9.74. The maximum absolute atomic E-state index is 12.5. The Balaban J connectivity index is 0.00000320.